The van der Waals surface area contributed by atoms with Gasteiger partial charge in [0.05, 0.1) is 20.3 Å². The van der Waals surface area contributed by atoms with Crippen LogP contribution in [0.3, 0.4) is 0 Å². The number of methoxy groups -OCH3 is 1. The molecule has 1 N–H and O–H groups in total. The fraction of sp³-hybridized carbons (Fsp3) is 0.381. The summed E-state index contributed by atoms with van der Waals surface area (Å²) in [5, 5.41) is 2.94. The summed E-state index contributed by atoms with van der Waals surface area (Å²) in [6.45, 7) is 7.54. The third-order valence-electron chi connectivity index (χ3n) is 3.98. The van der Waals surface area contributed by atoms with Crippen molar-refractivity contribution in [3.8, 4) is 17.2 Å². The molecule has 0 spiro atoms. The lowest BCUT2D eigenvalue weighted by molar-refractivity contribution is 0.0954. The van der Waals surface area contributed by atoms with E-state index < -0.39 is 0 Å². The van der Waals surface area contributed by atoms with Crippen molar-refractivity contribution in [3.63, 3.8) is 0 Å². The van der Waals surface area contributed by atoms with Gasteiger partial charge in [-0.25, -0.2) is 0 Å². The number of rotatable bonds is 9. The van der Waals surface area contributed by atoms with Gasteiger partial charge in [-0.2, -0.15) is 0 Å². The molecule has 0 aromatic heterocycles. The second-order valence-electron chi connectivity index (χ2n) is 5.84. The summed E-state index contributed by atoms with van der Waals surface area (Å²) in [6, 6.07) is 11.3. The number of amides is 1. The standard InChI is InChI=1S/C21H27NO4/c1-5-25-18-10-8-16(13-20(18)26-6-2)11-12-22-21(23)17-9-7-15(3)19(14-17)24-4/h7-10,13-14H,5-6,11-12H2,1-4H3,(H,22,23). The van der Waals surface area contributed by atoms with E-state index in [1.54, 1.807) is 19.2 Å². The first-order chi connectivity index (χ1) is 12.6. The van der Waals surface area contributed by atoms with Crippen LogP contribution in [0.15, 0.2) is 36.4 Å². The monoisotopic (exact) mass is 357 g/mol. The van der Waals surface area contributed by atoms with E-state index in [-0.39, 0.29) is 5.91 Å². The van der Waals surface area contributed by atoms with Crippen molar-refractivity contribution in [2.75, 3.05) is 26.9 Å². The van der Waals surface area contributed by atoms with Gasteiger partial charge in [-0.3, -0.25) is 4.79 Å². The zero-order valence-corrected chi connectivity index (χ0v) is 15.9. The fourth-order valence-corrected chi connectivity index (χ4v) is 2.63. The normalized spacial score (nSPS) is 10.3. The molecule has 2 rings (SSSR count). The largest absolute Gasteiger partial charge is 0.496 e. The summed E-state index contributed by atoms with van der Waals surface area (Å²) >= 11 is 0. The molecular formula is C21H27NO4. The number of ether oxygens (including phenoxy) is 3. The average Bonchev–Trinajstić information content (AvgIpc) is 2.64. The average molecular weight is 357 g/mol. The first-order valence-electron chi connectivity index (χ1n) is 8.90. The van der Waals surface area contributed by atoms with E-state index in [1.165, 1.54) is 0 Å². The number of carbonyl (C=O) groups excluding carboxylic acids is 1. The summed E-state index contributed by atoms with van der Waals surface area (Å²) in [6.07, 6.45) is 0.710. The zero-order chi connectivity index (χ0) is 18.9. The molecule has 0 aliphatic rings. The van der Waals surface area contributed by atoms with E-state index in [0.717, 1.165) is 22.6 Å². The predicted octanol–water partition coefficient (Wildman–Crippen LogP) is 3.77. The van der Waals surface area contributed by atoms with E-state index in [0.29, 0.717) is 37.5 Å². The lowest BCUT2D eigenvalue weighted by Crippen LogP contribution is -2.25. The molecule has 5 heteroatoms. The summed E-state index contributed by atoms with van der Waals surface area (Å²) in [4.78, 5) is 12.3. The minimum Gasteiger partial charge on any atom is -0.496 e. The van der Waals surface area contributed by atoms with Crippen LogP contribution < -0.4 is 19.5 Å². The molecule has 0 bridgehead atoms. The molecule has 0 fully saturated rings. The van der Waals surface area contributed by atoms with Crippen molar-refractivity contribution in [2.24, 2.45) is 0 Å². The summed E-state index contributed by atoms with van der Waals surface area (Å²) < 4.78 is 16.5. The van der Waals surface area contributed by atoms with E-state index in [9.17, 15) is 4.79 Å². The van der Waals surface area contributed by atoms with E-state index in [4.69, 9.17) is 14.2 Å². The highest BCUT2D eigenvalue weighted by molar-refractivity contribution is 5.94. The first kappa shape index (κ1) is 19.6. The number of benzene rings is 2. The van der Waals surface area contributed by atoms with Gasteiger partial charge in [0.25, 0.3) is 5.91 Å². The van der Waals surface area contributed by atoms with Gasteiger partial charge in [0, 0.05) is 12.1 Å². The van der Waals surface area contributed by atoms with Crippen molar-refractivity contribution in [1.82, 2.24) is 5.32 Å². The molecule has 0 radical (unpaired) electrons. The molecule has 0 unspecified atom stereocenters. The van der Waals surface area contributed by atoms with Crippen LogP contribution in [0.4, 0.5) is 0 Å². The second-order valence-corrected chi connectivity index (χ2v) is 5.84. The van der Waals surface area contributed by atoms with Gasteiger partial charge in [0.2, 0.25) is 0 Å². The maximum atomic E-state index is 12.3. The van der Waals surface area contributed by atoms with Crippen LogP contribution in [0.5, 0.6) is 17.2 Å². The molecular weight excluding hydrogens is 330 g/mol. The molecule has 5 nitrogen and oxygen atoms in total. The summed E-state index contributed by atoms with van der Waals surface area (Å²) in [5.41, 5.74) is 2.68. The number of carbonyl (C=O) groups is 1. The first-order valence-corrected chi connectivity index (χ1v) is 8.90. The van der Waals surface area contributed by atoms with Crippen LogP contribution in [-0.2, 0) is 6.42 Å². The van der Waals surface area contributed by atoms with Gasteiger partial charge >= 0.3 is 0 Å². The van der Waals surface area contributed by atoms with Crippen molar-refractivity contribution >= 4 is 5.91 Å². The maximum absolute atomic E-state index is 12.3. The van der Waals surface area contributed by atoms with Crippen LogP contribution in [0.1, 0.15) is 35.3 Å². The molecule has 0 saturated carbocycles. The minimum atomic E-state index is -0.112. The Hall–Kier alpha value is -2.69. The number of hydrogen-bond donors (Lipinski definition) is 1. The molecule has 0 aliphatic carbocycles. The Morgan fingerprint density at radius 3 is 2.38 bits per heavy atom. The molecule has 140 valence electrons. The number of aryl methyl sites for hydroxylation is 1. The van der Waals surface area contributed by atoms with Gasteiger partial charge in [0.15, 0.2) is 11.5 Å². The van der Waals surface area contributed by atoms with Crippen LogP contribution in [0.25, 0.3) is 0 Å². The molecule has 2 aromatic rings. The molecule has 0 atom stereocenters. The molecule has 0 heterocycles. The Kier molecular flexibility index (Phi) is 7.33. The summed E-state index contributed by atoms with van der Waals surface area (Å²) in [5.74, 6) is 2.08. The van der Waals surface area contributed by atoms with Crippen molar-refractivity contribution in [2.45, 2.75) is 27.2 Å². The smallest absolute Gasteiger partial charge is 0.251 e. The SMILES string of the molecule is CCOc1ccc(CCNC(=O)c2ccc(C)c(OC)c2)cc1OCC. The van der Waals surface area contributed by atoms with Gasteiger partial charge in [0.1, 0.15) is 5.75 Å². The highest BCUT2D eigenvalue weighted by Crippen LogP contribution is 2.28. The Morgan fingerprint density at radius 2 is 1.69 bits per heavy atom. The third kappa shape index (κ3) is 5.15. The fourth-order valence-electron chi connectivity index (χ4n) is 2.63. The molecule has 1 amide bonds. The van der Waals surface area contributed by atoms with E-state index in [1.807, 2.05) is 45.0 Å². The van der Waals surface area contributed by atoms with E-state index >= 15 is 0 Å². The Labute approximate surface area is 155 Å². The van der Waals surface area contributed by atoms with Gasteiger partial charge < -0.3 is 19.5 Å². The highest BCUT2D eigenvalue weighted by Gasteiger charge is 2.09. The topological polar surface area (TPSA) is 56.8 Å². The lowest BCUT2D eigenvalue weighted by atomic mass is 10.1. The lowest BCUT2D eigenvalue weighted by Gasteiger charge is -2.13. The van der Waals surface area contributed by atoms with Gasteiger partial charge in [-0.1, -0.05) is 12.1 Å². The van der Waals surface area contributed by atoms with Gasteiger partial charge in [-0.15, -0.1) is 0 Å². The van der Waals surface area contributed by atoms with Crippen LogP contribution >= 0.6 is 0 Å². The second kappa shape index (κ2) is 9.70. The highest BCUT2D eigenvalue weighted by atomic mass is 16.5. The molecule has 2 aromatic carbocycles. The Morgan fingerprint density at radius 1 is 0.962 bits per heavy atom. The van der Waals surface area contributed by atoms with E-state index in [2.05, 4.69) is 5.32 Å². The Balaban J connectivity index is 1.96. The predicted molar refractivity (Wildman–Crippen MR) is 103 cm³/mol. The van der Waals surface area contributed by atoms with Crippen LogP contribution in [-0.4, -0.2) is 32.8 Å². The Bertz CT molecular complexity index is 743. The molecule has 0 aliphatic heterocycles. The van der Waals surface area contributed by atoms with Gasteiger partial charge in [-0.05, 0) is 62.6 Å². The minimum absolute atomic E-state index is 0.112. The van der Waals surface area contributed by atoms with Crippen molar-refractivity contribution < 1.29 is 19.0 Å². The molecule has 0 saturated heterocycles. The molecule has 26 heavy (non-hydrogen) atoms. The maximum Gasteiger partial charge on any atom is 0.251 e. The van der Waals surface area contributed by atoms with Crippen molar-refractivity contribution in [3.05, 3.63) is 53.1 Å². The van der Waals surface area contributed by atoms with Crippen LogP contribution in [0, 0.1) is 6.92 Å². The third-order valence-corrected chi connectivity index (χ3v) is 3.98. The number of hydrogen-bond acceptors (Lipinski definition) is 4. The number of nitrogens with one attached hydrogen (secondary N) is 1. The zero-order valence-electron chi connectivity index (χ0n) is 15.9. The van der Waals surface area contributed by atoms with Crippen LogP contribution in [0.2, 0.25) is 0 Å². The van der Waals surface area contributed by atoms with Crippen molar-refractivity contribution in [1.29, 1.82) is 0 Å². The summed E-state index contributed by atoms with van der Waals surface area (Å²) in [7, 11) is 1.60. The quantitative estimate of drug-likeness (QED) is 0.742.